The Morgan fingerprint density at radius 2 is 2.08 bits per heavy atom. The molecule has 0 bridgehead atoms. The molecule has 0 aliphatic carbocycles. The first-order valence-corrected chi connectivity index (χ1v) is 8.17. The van der Waals surface area contributed by atoms with Crippen molar-refractivity contribution < 1.29 is 4.79 Å². The van der Waals surface area contributed by atoms with Gasteiger partial charge in [0.2, 0.25) is 10.7 Å². The van der Waals surface area contributed by atoms with Gasteiger partial charge in [-0.2, -0.15) is 14.9 Å². The second-order valence-corrected chi connectivity index (χ2v) is 6.05. The number of benzene rings is 2. The Morgan fingerprint density at radius 3 is 2.76 bits per heavy atom. The number of aromatic nitrogens is 3. The van der Waals surface area contributed by atoms with E-state index in [4.69, 9.17) is 23.8 Å². The van der Waals surface area contributed by atoms with Crippen molar-refractivity contribution >= 4 is 41.6 Å². The molecule has 6 nitrogen and oxygen atoms in total. The first-order chi connectivity index (χ1) is 12.0. The number of rotatable bonds is 4. The van der Waals surface area contributed by atoms with E-state index in [1.165, 1.54) is 11.6 Å². The average Bonchev–Trinajstić information content (AvgIpc) is 2.94. The van der Waals surface area contributed by atoms with Gasteiger partial charge in [0.05, 0.1) is 6.21 Å². The molecule has 0 aliphatic rings. The number of carbonyl (C=O) groups is 1. The summed E-state index contributed by atoms with van der Waals surface area (Å²) in [5.74, 6) is 0.455. The number of amides is 1. The molecule has 1 heterocycles. The van der Waals surface area contributed by atoms with Crippen LogP contribution in [0.4, 0.5) is 5.69 Å². The molecule has 0 unspecified atom stereocenters. The third-order valence-electron chi connectivity index (χ3n) is 3.29. The second-order valence-electron chi connectivity index (χ2n) is 5.22. The van der Waals surface area contributed by atoms with Crippen LogP contribution in [0.15, 0.2) is 53.6 Å². The number of hydrogen-bond acceptors (Lipinski definition) is 4. The first kappa shape index (κ1) is 17.1. The molecular weight excluding hydrogens is 358 g/mol. The predicted octanol–water partition coefficient (Wildman–Crippen LogP) is 4.10. The molecule has 1 amide bonds. The summed E-state index contributed by atoms with van der Waals surface area (Å²) in [5, 5.41) is 14.7. The van der Waals surface area contributed by atoms with Crippen LogP contribution < -0.4 is 5.32 Å². The number of carbonyl (C=O) groups excluding carboxylic acids is 1. The molecular formula is C17H14ClN5OS. The number of hydrogen-bond donors (Lipinski definition) is 2. The highest BCUT2D eigenvalue weighted by molar-refractivity contribution is 7.71. The van der Waals surface area contributed by atoms with Crippen molar-refractivity contribution in [2.45, 2.75) is 6.92 Å². The molecule has 2 N–H and O–H groups in total. The molecule has 25 heavy (non-hydrogen) atoms. The number of nitrogens with zero attached hydrogens (tertiary/aromatic N) is 3. The van der Waals surface area contributed by atoms with Crippen molar-refractivity contribution in [3.8, 4) is 11.4 Å². The van der Waals surface area contributed by atoms with Crippen LogP contribution in [0.3, 0.4) is 0 Å². The Bertz CT molecular complexity index is 991. The maximum absolute atomic E-state index is 11.0. The Kier molecular flexibility index (Phi) is 5.06. The van der Waals surface area contributed by atoms with Crippen LogP contribution in [0.2, 0.25) is 5.02 Å². The molecule has 3 rings (SSSR count). The van der Waals surface area contributed by atoms with Gasteiger partial charge in [-0.25, -0.2) is 5.10 Å². The summed E-state index contributed by atoms with van der Waals surface area (Å²) in [5.41, 5.74) is 2.39. The fraction of sp³-hybridized carbons (Fsp3) is 0.0588. The van der Waals surface area contributed by atoms with Crippen LogP contribution in [-0.4, -0.2) is 27.0 Å². The highest BCUT2D eigenvalue weighted by atomic mass is 35.5. The molecule has 0 saturated heterocycles. The zero-order valence-corrected chi connectivity index (χ0v) is 14.8. The van der Waals surface area contributed by atoms with E-state index >= 15 is 0 Å². The molecule has 3 aromatic rings. The minimum absolute atomic E-state index is 0.114. The van der Waals surface area contributed by atoms with E-state index in [0.717, 1.165) is 16.8 Å². The van der Waals surface area contributed by atoms with E-state index in [1.54, 1.807) is 30.5 Å². The Balaban J connectivity index is 1.88. The lowest BCUT2D eigenvalue weighted by Gasteiger charge is -2.03. The number of H-pyrrole nitrogens is 1. The SMILES string of the molecule is CC(=O)Nc1ccc(/C=N\n2c(-c3cccc(Cl)c3)n[nH]c2=S)cc1. The highest BCUT2D eigenvalue weighted by Crippen LogP contribution is 2.21. The van der Waals surface area contributed by atoms with Crippen molar-refractivity contribution in [2.75, 3.05) is 5.32 Å². The van der Waals surface area contributed by atoms with Crippen LogP contribution in [0, 0.1) is 4.77 Å². The van der Waals surface area contributed by atoms with Crippen LogP contribution in [-0.2, 0) is 4.79 Å². The zero-order chi connectivity index (χ0) is 17.8. The molecule has 0 radical (unpaired) electrons. The second kappa shape index (κ2) is 7.42. The predicted molar refractivity (Wildman–Crippen MR) is 102 cm³/mol. The Labute approximate surface area is 154 Å². The van der Waals surface area contributed by atoms with E-state index in [1.807, 2.05) is 24.3 Å². The maximum Gasteiger partial charge on any atom is 0.221 e. The van der Waals surface area contributed by atoms with E-state index in [0.29, 0.717) is 15.6 Å². The molecule has 1 aromatic heterocycles. The van der Waals surface area contributed by atoms with Gasteiger partial charge < -0.3 is 5.32 Å². The van der Waals surface area contributed by atoms with Crippen molar-refractivity contribution in [1.29, 1.82) is 0 Å². The molecule has 2 aromatic carbocycles. The van der Waals surface area contributed by atoms with Gasteiger partial charge in [0.1, 0.15) is 0 Å². The first-order valence-electron chi connectivity index (χ1n) is 7.38. The lowest BCUT2D eigenvalue weighted by molar-refractivity contribution is -0.114. The third-order valence-corrected chi connectivity index (χ3v) is 3.79. The van der Waals surface area contributed by atoms with Crippen LogP contribution >= 0.6 is 23.8 Å². The van der Waals surface area contributed by atoms with Crippen LogP contribution in [0.1, 0.15) is 12.5 Å². The summed E-state index contributed by atoms with van der Waals surface area (Å²) in [6.07, 6.45) is 1.66. The molecule has 0 saturated carbocycles. The van der Waals surface area contributed by atoms with Gasteiger partial charge in [0.25, 0.3) is 0 Å². The monoisotopic (exact) mass is 371 g/mol. The minimum atomic E-state index is -0.114. The summed E-state index contributed by atoms with van der Waals surface area (Å²) in [7, 11) is 0. The number of nitrogens with one attached hydrogen (secondary N) is 2. The fourth-order valence-corrected chi connectivity index (χ4v) is 2.56. The van der Waals surface area contributed by atoms with Crippen LogP contribution in [0.5, 0.6) is 0 Å². The summed E-state index contributed by atoms with van der Waals surface area (Å²) in [6, 6.07) is 14.6. The molecule has 0 fully saturated rings. The molecule has 0 spiro atoms. The number of aromatic amines is 1. The van der Waals surface area contributed by atoms with Gasteiger partial charge in [-0.15, -0.1) is 0 Å². The van der Waals surface area contributed by atoms with Crippen molar-refractivity contribution in [3.63, 3.8) is 0 Å². The maximum atomic E-state index is 11.0. The van der Waals surface area contributed by atoms with Gasteiger partial charge in [-0.05, 0) is 42.0 Å². The summed E-state index contributed by atoms with van der Waals surface area (Å²) < 4.78 is 1.91. The van der Waals surface area contributed by atoms with Gasteiger partial charge in [0.15, 0.2) is 5.82 Å². The minimum Gasteiger partial charge on any atom is -0.326 e. The molecule has 0 atom stereocenters. The van der Waals surface area contributed by atoms with Crippen molar-refractivity contribution in [1.82, 2.24) is 14.9 Å². The van der Waals surface area contributed by atoms with Crippen molar-refractivity contribution in [2.24, 2.45) is 5.10 Å². The van der Waals surface area contributed by atoms with Gasteiger partial charge in [-0.1, -0.05) is 35.9 Å². The normalized spacial score (nSPS) is 11.0. The van der Waals surface area contributed by atoms with E-state index in [2.05, 4.69) is 20.6 Å². The summed E-state index contributed by atoms with van der Waals surface area (Å²) in [4.78, 5) is 11.0. The largest absolute Gasteiger partial charge is 0.326 e. The van der Waals surface area contributed by atoms with Gasteiger partial charge in [-0.3, -0.25) is 4.79 Å². The average molecular weight is 372 g/mol. The fourth-order valence-electron chi connectivity index (χ4n) is 2.19. The smallest absolute Gasteiger partial charge is 0.221 e. The van der Waals surface area contributed by atoms with Crippen molar-refractivity contribution in [3.05, 3.63) is 63.9 Å². The quantitative estimate of drug-likeness (QED) is 0.535. The van der Waals surface area contributed by atoms with Gasteiger partial charge in [0, 0.05) is 23.2 Å². The Morgan fingerprint density at radius 1 is 1.32 bits per heavy atom. The third kappa shape index (κ3) is 4.20. The highest BCUT2D eigenvalue weighted by Gasteiger charge is 2.08. The number of halogens is 1. The zero-order valence-electron chi connectivity index (χ0n) is 13.2. The lowest BCUT2D eigenvalue weighted by Crippen LogP contribution is -2.05. The molecule has 126 valence electrons. The number of anilines is 1. The van der Waals surface area contributed by atoms with Crippen LogP contribution in [0.25, 0.3) is 11.4 Å². The standard InChI is InChI=1S/C17H14ClN5OS/c1-11(24)20-15-7-5-12(6-8-15)10-19-23-16(21-22-17(23)25)13-3-2-4-14(18)9-13/h2-10H,1H3,(H,20,24)(H,22,25)/b19-10-. The summed E-state index contributed by atoms with van der Waals surface area (Å²) in [6.45, 7) is 1.47. The molecule has 0 aliphatic heterocycles. The molecule has 8 heteroatoms. The van der Waals surface area contributed by atoms with E-state index in [-0.39, 0.29) is 5.91 Å². The summed E-state index contributed by atoms with van der Waals surface area (Å²) >= 11 is 11.3. The topological polar surface area (TPSA) is 75.1 Å². The van der Waals surface area contributed by atoms with E-state index < -0.39 is 0 Å². The lowest BCUT2D eigenvalue weighted by atomic mass is 10.2. The Hall–Kier alpha value is -2.77. The van der Waals surface area contributed by atoms with E-state index in [9.17, 15) is 4.79 Å². The van der Waals surface area contributed by atoms with Gasteiger partial charge >= 0.3 is 0 Å².